The van der Waals surface area contributed by atoms with Crippen LogP contribution in [0.5, 0.6) is 0 Å². The minimum absolute atomic E-state index is 0.00500. The summed E-state index contributed by atoms with van der Waals surface area (Å²) in [6.45, 7) is 0.883. The van der Waals surface area contributed by atoms with E-state index in [1.54, 1.807) is 18.6 Å². The van der Waals surface area contributed by atoms with Crippen molar-refractivity contribution in [1.82, 2.24) is 19.5 Å². The summed E-state index contributed by atoms with van der Waals surface area (Å²) in [5.41, 5.74) is 1.89. The molecule has 1 aromatic carbocycles. The molecule has 25 heavy (non-hydrogen) atoms. The first-order valence-corrected chi connectivity index (χ1v) is 8.56. The van der Waals surface area contributed by atoms with Crippen molar-refractivity contribution in [3.05, 3.63) is 61.4 Å². The second-order valence-electron chi connectivity index (χ2n) is 6.57. The second-order valence-corrected chi connectivity index (χ2v) is 6.57. The Balaban J connectivity index is 1.38. The molecule has 2 aromatic heterocycles. The van der Waals surface area contributed by atoms with Crippen molar-refractivity contribution in [1.29, 1.82) is 0 Å². The average Bonchev–Trinajstić information content (AvgIpc) is 3.27. The zero-order valence-corrected chi connectivity index (χ0v) is 13.9. The first kappa shape index (κ1) is 15.8. The van der Waals surface area contributed by atoms with E-state index >= 15 is 0 Å². The molecule has 1 saturated carbocycles. The number of aliphatic hydroxyl groups is 1. The number of imidazole rings is 1. The van der Waals surface area contributed by atoms with E-state index in [4.69, 9.17) is 0 Å². The highest BCUT2D eigenvalue weighted by Crippen LogP contribution is 2.29. The zero-order chi connectivity index (χ0) is 17.1. The van der Waals surface area contributed by atoms with Crippen molar-refractivity contribution in [2.75, 3.05) is 5.32 Å². The number of benzene rings is 1. The van der Waals surface area contributed by atoms with Gasteiger partial charge in [-0.2, -0.15) is 0 Å². The molecule has 1 aliphatic rings. The molecule has 0 spiro atoms. The summed E-state index contributed by atoms with van der Waals surface area (Å²) in [5, 5.41) is 13.7. The molecule has 1 fully saturated rings. The fraction of sp³-hybridized carbons (Fsp3) is 0.316. The molecule has 2 heterocycles. The van der Waals surface area contributed by atoms with Crippen molar-refractivity contribution in [3.63, 3.8) is 0 Å². The molecule has 0 radical (unpaired) electrons. The highest BCUT2D eigenvalue weighted by atomic mass is 16.3. The van der Waals surface area contributed by atoms with Gasteiger partial charge in [-0.05, 0) is 18.8 Å². The maximum atomic E-state index is 10.3. The third kappa shape index (κ3) is 3.69. The van der Waals surface area contributed by atoms with Gasteiger partial charge < -0.3 is 15.0 Å². The standard InChI is InChI=1S/C19H21N5O/c25-18-9-14(12-24-7-6-20-13-24)8-16(18)23-19-11-21-17(10-22-19)15-4-2-1-3-5-15/h1-7,10-11,13-14,16,18,25H,8-9,12H2,(H,22,23)/t14?,16-,18-/m1/s1. The SMILES string of the molecule is O[C@@H]1CC(Cn2ccnc2)C[C@H]1Nc1cnc(-c2ccccc2)cn1. The number of aliphatic hydroxyl groups excluding tert-OH is 1. The van der Waals surface area contributed by atoms with Crippen molar-refractivity contribution in [2.45, 2.75) is 31.5 Å². The summed E-state index contributed by atoms with van der Waals surface area (Å²) in [7, 11) is 0. The van der Waals surface area contributed by atoms with Crippen LogP contribution in [-0.4, -0.2) is 36.8 Å². The van der Waals surface area contributed by atoms with Crippen LogP contribution >= 0.6 is 0 Å². The molecule has 3 aromatic rings. The largest absolute Gasteiger partial charge is 0.391 e. The summed E-state index contributed by atoms with van der Waals surface area (Å²) in [4.78, 5) is 13.0. The Labute approximate surface area is 146 Å². The van der Waals surface area contributed by atoms with Gasteiger partial charge >= 0.3 is 0 Å². The van der Waals surface area contributed by atoms with E-state index in [2.05, 4.69) is 24.8 Å². The van der Waals surface area contributed by atoms with Gasteiger partial charge in [0.15, 0.2) is 0 Å². The average molecular weight is 335 g/mol. The lowest BCUT2D eigenvalue weighted by Crippen LogP contribution is -2.28. The summed E-state index contributed by atoms with van der Waals surface area (Å²) in [6.07, 6.45) is 10.4. The Morgan fingerprint density at radius 3 is 2.72 bits per heavy atom. The Morgan fingerprint density at radius 2 is 2.00 bits per heavy atom. The summed E-state index contributed by atoms with van der Waals surface area (Å²) in [5.74, 6) is 1.13. The van der Waals surface area contributed by atoms with Crippen molar-refractivity contribution in [3.8, 4) is 11.3 Å². The monoisotopic (exact) mass is 335 g/mol. The number of aromatic nitrogens is 4. The minimum Gasteiger partial charge on any atom is -0.391 e. The normalized spacial score (nSPS) is 22.8. The highest BCUT2D eigenvalue weighted by Gasteiger charge is 2.33. The van der Waals surface area contributed by atoms with Crippen LogP contribution in [0.2, 0.25) is 0 Å². The lowest BCUT2D eigenvalue weighted by molar-refractivity contribution is 0.166. The molecule has 0 bridgehead atoms. The number of nitrogens with zero attached hydrogens (tertiary/aromatic N) is 4. The van der Waals surface area contributed by atoms with Crippen molar-refractivity contribution in [2.24, 2.45) is 5.92 Å². The molecule has 4 rings (SSSR count). The van der Waals surface area contributed by atoms with Gasteiger partial charge in [0.25, 0.3) is 0 Å². The van der Waals surface area contributed by atoms with E-state index in [1.165, 1.54) is 0 Å². The van der Waals surface area contributed by atoms with Gasteiger partial charge in [0.1, 0.15) is 5.82 Å². The molecule has 1 aliphatic carbocycles. The number of hydrogen-bond acceptors (Lipinski definition) is 5. The highest BCUT2D eigenvalue weighted by molar-refractivity contribution is 5.58. The Kier molecular flexibility index (Phi) is 4.43. The lowest BCUT2D eigenvalue weighted by atomic mass is 10.1. The molecule has 6 heteroatoms. The van der Waals surface area contributed by atoms with E-state index in [-0.39, 0.29) is 12.1 Å². The molecule has 128 valence electrons. The van der Waals surface area contributed by atoms with Gasteiger partial charge in [0, 0.05) is 24.5 Å². The van der Waals surface area contributed by atoms with Crippen LogP contribution in [0.25, 0.3) is 11.3 Å². The first-order valence-electron chi connectivity index (χ1n) is 8.56. The topological polar surface area (TPSA) is 75.9 Å². The summed E-state index contributed by atoms with van der Waals surface area (Å²) in [6, 6.07) is 9.98. The van der Waals surface area contributed by atoms with E-state index in [0.717, 1.165) is 30.6 Å². The molecular formula is C19H21N5O. The van der Waals surface area contributed by atoms with Crippen LogP contribution in [0.15, 0.2) is 61.4 Å². The van der Waals surface area contributed by atoms with Gasteiger partial charge in [0.05, 0.1) is 36.6 Å². The number of anilines is 1. The fourth-order valence-corrected chi connectivity index (χ4v) is 3.47. The summed E-state index contributed by atoms with van der Waals surface area (Å²) < 4.78 is 2.06. The third-order valence-corrected chi connectivity index (χ3v) is 4.71. The lowest BCUT2D eigenvalue weighted by Gasteiger charge is -2.17. The number of rotatable bonds is 5. The minimum atomic E-state index is -0.371. The van der Waals surface area contributed by atoms with E-state index in [0.29, 0.717) is 11.7 Å². The maximum Gasteiger partial charge on any atom is 0.144 e. The molecule has 1 unspecified atom stereocenters. The van der Waals surface area contributed by atoms with Crippen LogP contribution in [-0.2, 0) is 6.54 Å². The second kappa shape index (κ2) is 7.03. The predicted octanol–water partition coefficient (Wildman–Crippen LogP) is 2.59. The predicted molar refractivity (Wildman–Crippen MR) is 95.8 cm³/mol. The summed E-state index contributed by atoms with van der Waals surface area (Å²) >= 11 is 0. The molecule has 0 saturated heterocycles. The maximum absolute atomic E-state index is 10.3. The van der Waals surface area contributed by atoms with Crippen LogP contribution < -0.4 is 5.32 Å². The Bertz CT molecular complexity index is 788. The third-order valence-electron chi connectivity index (χ3n) is 4.71. The molecule has 2 N–H and O–H groups in total. The molecule has 0 aliphatic heterocycles. The number of hydrogen-bond donors (Lipinski definition) is 2. The molecule has 6 nitrogen and oxygen atoms in total. The molecule has 3 atom stereocenters. The number of nitrogens with one attached hydrogen (secondary N) is 1. The van der Waals surface area contributed by atoms with Crippen LogP contribution in [0.3, 0.4) is 0 Å². The van der Waals surface area contributed by atoms with Gasteiger partial charge in [-0.15, -0.1) is 0 Å². The fourth-order valence-electron chi connectivity index (χ4n) is 3.47. The van der Waals surface area contributed by atoms with Gasteiger partial charge in [-0.25, -0.2) is 9.97 Å². The van der Waals surface area contributed by atoms with Crippen LogP contribution in [0.1, 0.15) is 12.8 Å². The molecular weight excluding hydrogens is 314 g/mol. The van der Waals surface area contributed by atoms with E-state index in [9.17, 15) is 5.11 Å². The smallest absolute Gasteiger partial charge is 0.144 e. The van der Waals surface area contributed by atoms with Crippen LogP contribution in [0, 0.1) is 5.92 Å². The van der Waals surface area contributed by atoms with E-state index in [1.807, 2.05) is 42.9 Å². The van der Waals surface area contributed by atoms with Crippen LogP contribution in [0.4, 0.5) is 5.82 Å². The van der Waals surface area contributed by atoms with Gasteiger partial charge in [-0.1, -0.05) is 30.3 Å². The quantitative estimate of drug-likeness (QED) is 0.749. The van der Waals surface area contributed by atoms with Gasteiger partial charge in [0.2, 0.25) is 0 Å². The van der Waals surface area contributed by atoms with Crippen molar-refractivity contribution < 1.29 is 5.11 Å². The first-order chi connectivity index (χ1) is 12.3. The Hall–Kier alpha value is -2.73. The zero-order valence-electron chi connectivity index (χ0n) is 13.9. The van der Waals surface area contributed by atoms with E-state index < -0.39 is 0 Å². The van der Waals surface area contributed by atoms with Crippen molar-refractivity contribution >= 4 is 5.82 Å². The molecule has 0 amide bonds. The Morgan fingerprint density at radius 1 is 1.12 bits per heavy atom. The van der Waals surface area contributed by atoms with Gasteiger partial charge in [-0.3, -0.25) is 4.98 Å².